The van der Waals surface area contributed by atoms with Crippen LogP contribution in [0.25, 0.3) is 11.3 Å². The predicted octanol–water partition coefficient (Wildman–Crippen LogP) is 4.56. The molecule has 0 amide bonds. The van der Waals surface area contributed by atoms with Crippen molar-refractivity contribution in [1.82, 2.24) is 4.57 Å². The van der Waals surface area contributed by atoms with E-state index in [2.05, 4.69) is 28.6 Å². The van der Waals surface area contributed by atoms with Crippen LogP contribution in [0.3, 0.4) is 0 Å². The van der Waals surface area contributed by atoms with E-state index < -0.39 is 18.5 Å². The molecule has 0 atom stereocenters. The second-order valence-corrected chi connectivity index (χ2v) is 5.79. The molecule has 0 N–H and O–H groups in total. The summed E-state index contributed by atoms with van der Waals surface area (Å²) in [5.74, 6) is 0.581. The molecule has 0 fully saturated rings. The Morgan fingerprint density at radius 1 is 1.46 bits per heavy atom. The molecule has 0 saturated carbocycles. The fourth-order valence-corrected chi connectivity index (χ4v) is 2.67. The van der Waals surface area contributed by atoms with Gasteiger partial charge < -0.3 is 9.30 Å². The Balaban J connectivity index is 0.00000288. The van der Waals surface area contributed by atoms with E-state index in [1.54, 1.807) is 24.3 Å². The van der Waals surface area contributed by atoms with Crippen LogP contribution < -0.4 is 10.3 Å². The fourth-order valence-electron chi connectivity index (χ4n) is 1.97. The Hall–Kier alpha value is -0.556. The van der Waals surface area contributed by atoms with Crippen molar-refractivity contribution in [1.29, 1.82) is 0 Å². The first-order valence-corrected chi connectivity index (χ1v) is 7.74. The summed E-state index contributed by atoms with van der Waals surface area (Å²) in [5.41, 5.74) is 0.0758. The molecule has 2 rings (SSSR count). The number of ether oxygens (including phenoxy) is 1. The minimum Gasteiger partial charge on any atom is -0.490 e. The number of benzene rings is 1. The maximum Gasteiger partial charge on any atom is 0.256 e. The first-order chi connectivity index (χ1) is 10.9. The summed E-state index contributed by atoms with van der Waals surface area (Å²) >= 11 is 9.09. The monoisotopic (exact) mass is 491 g/mol. The molecular formula is C16H12BrClF2NO2Y-. The van der Waals surface area contributed by atoms with Crippen LogP contribution >= 0.6 is 27.5 Å². The topological polar surface area (TPSA) is 31.2 Å². The smallest absolute Gasteiger partial charge is 0.256 e. The fraction of sp³-hybridized carbons (Fsp3) is 0.188. The summed E-state index contributed by atoms with van der Waals surface area (Å²) in [7, 11) is 0. The van der Waals surface area contributed by atoms with Crippen LogP contribution in [0.5, 0.6) is 5.75 Å². The molecule has 1 aromatic heterocycles. The van der Waals surface area contributed by atoms with Gasteiger partial charge in [0, 0.05) is 37.7 Å². The van der Waals surface area contributed by atoms with Gasteiger partial charge in [-0.15, -0.1) is 6.07 Å². The third-order valence-electron chi connectivity index (χ3n) is 2.94. The molecule has 1 heterocycles. The minimum absolute atomic E-state index is 0. The zero-order valence-corrected chi connectivity index (χ0v) is 17.6. The van der Waals surface area contributed by atoms with Gasteiger partial charge in [-0.25, -0.2) is 8.78 Å². The number of halogens is 4. The third kappa shape index (κ3) is 5.22. The first-order valence-electron chi connectivity index (χ1n) is 6.56. The van der Waals surface area contributed by atoms with E-state index in [1.807, 2.05) is 0 Å². The largest absolute Gasteiger partial charge is 0.490 e. The van der Waals surface area contributed by atoms with Crippen molar-refractivity contribution in [2.45, 2.75) is 13.0 Å². The summed E-state index contributed by atoms with van der Waals surface area (Å²) in [6.45, 7) is 3.14. The van der Waals surface area contributed by atoms with Gasteiger partial charge in [0.2, 0.25) is 5.56 Å². The van der Waals surface area contributed by atoms with Gasteiger partial charge in [0.25, 0.3) is 6.43 Å². The van der Waals surface area contributed by atoms with Crippen molar-refractivity contribution in [3.05, 3.63) is 62.8 Å². The molecule has 1 aromatic carbocycles. The van der Waals surface area contributed by atoms with E-state index in [1.165, 1.54) is 6.07 Å². The van der Waals surface area contributed by atoms with Crippen LogP contribution in [0.4, 0.5) is 8.78 Å². The second kappa shape index (κ2) is 9.80. The molecule has 0 saturated heterocycles. The molecule has 8 heteroatoms. The molecule has 2 aromatic rings. The van der Waals surface area contributed by atoms with E-state index in [9.17, 15) is 13.6 Å². The number of hydrogen-bond donors (Lipinski definition) is 0. The number of alkyl halides is 2. The van der Waals surface area contributed by atoms with Crippen LogP contribution in [-0.4, -0.2) is 17.6 Å². The summed E-state index contributed by atoms with van der Waals surface area (Å²) in [6, 6.07) is 9.06. The van der Waals surface area contributed by atoms with E-state index >= 15 is 0 Å². The Bertz CT molecular complexity index is 783. The summed E-state index contributed by atoms with van der Waals surface area (Å²) in [4.78, 5) is 12.0. The van der Waals surface area contributed by atoms with Crippen molar-refractivity contribution in [3.8, 4) is 17.0 Å². The Morgan fingerprint density at radius 2 is 2.17 bits per heavy atom. The van der Waals surface area contributed by atoms with Gasteiger partial charge in [-0.3, -0.25) is 4.79 Å². The second-order valence-electron chi connectivity index (χ2n) is 4.53. The van der Waals surface area contributed by atoms with Crippen molar-refractivity contribution >= 4 is 27.5 Å². The van der Waals surface area contributed by atoms with Gasteiger partial charge in [-0.05, 0) is 16.6 Å². The van der Waals surface area contributed by atoms with Crippen LogP contribution in [0.2, 0.25) is 5.02 Å². The van der Waals surface area contributed by atoms with Gasteiger partial charge in [0.05, 0.1) is 6.54 Å². The number of pyridine rings is 1. The summed E-state index contributed by atoms with van der Waals surface area (Å²) in [6.07, 6.45) is -1.08. The molecule has 0 spiro atoms. The number of hydrogen-bond acceptors (Lipinski definition) is 2. The zero-order chi connectivity index (χ0) is 17.0. The molecule has 0 aliphatic rings. The van der Waals surface area contributed by atoms with Gasteiger partial charge >= 0.3 is 0 Å². The normalized spacial score (nSPS) is 10.4. The molecule has 0 bridgehead atoms. The molecule has 0 unspecified atom stereocenters. The SMILES string of the molecule is C=CCOc1ccc(-c2[c-]cc(Cl)c(=O)n2CC(F)F)c(Br)c1.[Y]. The molecule has 0 aliphatic carbocycles. The zero-order valence-electron chi connectivity index (χ0n) is 12.4. The van der Waals surface area contributed by atoms with Gasteiger partial charge in [0.15, 0.2) is 0 Å². The molecular weight excluding hydrogens is 480 g/mol. The number of nitrogens with zero attached hydrogens (tertiary/aromatic N) is 1. The summed E-state index contributed by atoms with van der Waals surface area (Å²) < 4.78 is 32.4. The molecule has 0 aliphatic heterocycles. The first kappa shape index (κ1) is 21.5. The van der Waals surface area contributed by atoms with E-state index in [-0.39, 0.29) is 43.4 Å². The average molecular weight is 493 g/mol. The maximum absolute atomic E-state index is 12.8. The third-order valence-corrected chi connectivity index (χ3v) is 3.87. The summed E-state index contributed by atoms with van der Waals surface area (Å²) in [5, 5.41) is -0.156. The minimum atomic E-state index is -2.69. The average Bonchev–Trinajstić information content (AvgIpc) is 2.50. The molecule has 125 valence electrons. The van der Waals surface area contributed by atoms with Gasteiger partial charge in [0.1, 0.15) is 12.4 Å². The van der Waals surface area contributed by atoms with Crippen molar-refractivity contribution < 1.29 is 46.2 Å². The van der Waals surface area contributed by atoms with Crippen LogP contribution in [-0.2, 0) is 39.3 Å². The quantitative estimate of drug-likeness (QED) is 0.438. The van der Waals surface area contributed by atoms with Crippen molar-refractivity contribution in [3.63, 3.8) is 0 Å². The molecule has 3 nitrogen and oxygen atoms in total. The standard InChI is InChI=1S/C16H12BrClF2NO2.Y/c1-2-7-23-10-3-4-11(12(17)8-10)14-6-5-13(18)16(22)21(14)9-15(19)20;/h2-5,8,15H,1,7,9H2;/q-1;. The van der Waals surface area contributed by atoms with Gasteiger partial charge in [-0.2, -0.15) is 23.7 Å². The Morgan fingerprint density at radius 3 is 2.75 bits per heavy atom. The van der Waals surface area contributed by atoms with Crippen molar-refractivity contribution in [2.24, 2.45) is 0 Å². The van der Waals surface area contributed by atoms with Crippen LogP contribution in [0.1, 0.15) is 0 Å². The van der Waals surface area contributed by atoms with Gasteiger partial charge in [-0.1, -0.05) is 39.8 Å². The van der Waals surface area contributed by atoms with Crippen LogP contribution in [0.15, 0.2) is 46.2 Å². The van der Waals surface area contributed by atoms with Crippen LogP contribution in [0, 0.1) is 6.07 Å². The predicted molar refractivity (Wildman–Crippen MR) is 89.4 cm³/mol. The van der Waals surface area contributed by atoms with E-state index in [0.717, 1.165) is 4.57 Å². The van der Waals surface area contributed by atoms with E-state index in [4.69, 9.17) is 16.3 Å². The molecule has 24 heavy (non-hydrogen) atoms. The molecule has 1 radical (unpaired) electrons. The Kier molecular flexibility index (Phi) is 8.78. The van der Waals surface area contributed by atoms with Crippen molar-refractivity contribution in [2.75, 3.05) is 6.61 Å². The number of rotatable bonds is 6. The Labute approximate surface area is 176 Å². The number of aromatic nitrogens is 1. The maximum atomic E-state index is 12.8. The van der Waals surface area contributed by atoms with E-state index in [0.29, 0.717) is 22.4 Å².